The van der Waals surface area contributed by atoms with Gasteiger partial charge in [0.15, 0.2) is 0 Å². The van der Waals surface area contributed by atoms with Crippen LogP contribution in [0, 0.1) is 5.82 Å². The van der Waals surface area contributed by atoms with Gasteiger partial charge in [-0.05, 0) is 55.7 Å². The maximum absolute atomic E-state index is 13.5. The molecule has 0 atom stereocenters. The molecular formula is C20H22FN3O2. The van der Waals surface area contributed by atoms with Crippen molar-refractivity contribution in [1.29, 1.82) is 0 Å². The van der Waals surface area contributed by atoms with Crippen LogP contribution in [0.4, 0.5) is 15.8 Å². The lowest BCUT2D eigenvalue weighted by Gasteiger charge is -2.26. The van der Waals surface area contributed by atoms with Gasteiger partial charge < -0.3 is 15.5 Å². The minimum absolute atomic E-state index is 0.00769. The second kappa shape index (κ2) is 8.47. The SMILES string of the molecule is O=C(CNc1ccc(C(=O)N2CCCCC2)cc1)Nc1ccccc1F. The van der Waals surface area contributed by atoms with Gasteiger partial charge in [-0.3, -0.25) is 9.59 Å². The van der Waals surface area contributed by atoms with Crippen LogP contribution in [0.2, 0.25) is 0 Å². The van der Waals surface area contributed by atoms with Gasteiger partial charge in [-0.15, -0.1) is 0 Å². The Balaban J connectivity index is 1.52. The van der Waals surface area contributed by atoms with E-state index in [1.165, 1.54) is 18.6 Å². The molecule has 2 amide bonds. The zero-order chi connectivity index (χ0) is 18.4. The van der Waals surface area contributed by atoms with E-state index in [9.17, 15) is 14.0 Å². The first-order valence-corrected chi connectivity index (χ1v) is 8.81. The van der Waals surface area contributed by atoms with Crippen LogP contribution < -0.4 is 10.6 Å². The summed E-state index contributed by atoms with van der Waals surface area (Å²) in [6.45, 7) is 1.64. The average Bonchev–Trinajstić information content (AvgIpc) is 2.69. The Kier molecular flexibility index (Phi) is 5.84. The number of carbonyl (C=O) groups is 2. The lowest BCUT2D eigenvalue weighted by molar-refractivity contribution is -0.114. The minimum Gasteiger partial charge on any atom is -0.376 e. The monoisotopic (exact) mass is 355 g/mol. The molecule has 136 valence electrons. The van der Waals surface area contributed by atoms with Crippen molar-refractivity contribution in [2.45, 2.75) is 19.3 Å². The van der Waals surface area contributed by atoms with Crippen molar-refractivity contribution >= 4 is 23.2 Å². The molecule has 0 aliphatic carbocycles. The van der Waals surface area contributed by atoms with E-state index in [1.54, 1.807) is 36.4 Å². The molecule has 26 heavy (non-hydrogen) atoms. The van der Waals surface area contributed by atoms with Crippen LogP contribution >= 0.6 is 0 Å². The van der Waals surface area contributed by atoms with Crippen LogP contribution in [0.3, 0.4) is 0 Å². The normalized spacial score (nSPS) is 14.0. The van der Waals surface area contributed by atoms with Crippen LogP contribution in [-0.4, -0.2) is 36.3 Å². The summed E-state index contributed by atoms with van der Waals surface area (Å²) >= 11 is 0. The number of halogens is 1. The first kappa shape index (κ1) is 17.9. The van der Waals surface area contributed by atoms with Gasteiger partial charge in [-0.2, -0.15) is 0 Å². The molecule has 0 bridgehead atoms. The number of nitrogens with zero attached hydrogens (tertiary/aromatic N) is 1. The third-order valence-electron chi connectivity index (χ3n) is 4.38. The number of amides is 2. The maximum Gasteiger partial charge on any atom is 0.253 e. The quantitative estimate of drug-likeness (QED) is 0.863. The molecule has 3 rings (SSSR count). The molecule has 0 unspecified atom stereocenters. The molecule has 0 radical (unpaired) electrons. The molecule has 6 heteroatoms. The average molecular weight is 355 g/mol. The Bertz CT molecular complexity index is 771. The van der Waals surface area contributed by atoms with Gasteiger partial charge in [-0.1, -0.05) is 12.1 Å². The van der Waals surface area contributed by atoms with Crippen LogP contribution in [0.25, 0.3) is 0 Å². The predicted molar refractivity (Wildman–Crippen MR) is 99.7 cm³/mol. The highest BCUT2D eigenvalue weighted by Gasteiger charge is 2.17. The number of rotatable bonds is 5. The Morgan fingerprint density at radius 2 is 1.65 bits per heavy atom. The standard InChI is InChI=1S/C20H22FN3O2/c21-17-6-2-3-7-18(17)23-19(25)14-22-16-10-8-15(9-11-16)20(26)24-12-4-1-5-13-24/h2-3,6-11,22H,1,4-5,12-14H2,(H,23,25). The molecule has 2 N–H and O–H groups in total. The van der Waals surface area contributed by atoms with E-state index in [2.05, 4.69) is 10.6 Å². The van der Waals surface area contributed by atoms with Gasteiger partial charge >= 0.3 is 0 Å². The van der Waals surface area contributed by atoms with Crippen molar-refractivity contribution in [3.05, 3.63) is 59.9 Å². The summed E-state index contributed by atoms with van der Waals surface area (Å²) in [5.74, 6) is -0.765. The number of hydrogen-bond donors (Lipinski definition) is 2. The third kappa shape index (κ3) is 4.59. The predicted octanol–water partition coefficient (Wildman–Crippen LogP) is 3.50. The van der Waals surface area contributed by atoms with Gasteiger partial charge in [-0.25, -0.2) is 4.39 Å². The van der Waals surface area contributed by atoms with E-state index in [0.717, 1.165) is 31.6 Å². The topological polar surface area (TPSA) is 61.4 Å². The summed E-state index contributed by atoms with van der Waals surface area (Å²) in [5, 5.41) is 5.49. The van der Waals surface area contributed by atoms with Gasteiger partial charge in [0.2, 0.25) is 5.91 Å². The van der Waals surface area contributed by atoms with Gasteiger partial charge in [0.05, 0.1) is 12.2 Å². The lowest BCUT2D eigenvalue weighted by atomic mass is 10.1. The van der Waals surface area contributed by atoms with Crippen molar-refractivity contribution in [3.8, 4) is 0 Å². The maximum atomic E-state index is 13.5. The van der Waals surface area contributed by atoms with Crippen molar-refractivity contribution in [2.24, 2.45) is 0 Å². The highest BCUT2D eigenvalue weighted by atomic mass is 19.1. The fourth-order valence-electron chi connectivity index (χ4n) is 2.95. The number of nitrogens with one attached hydrogen (secondary N) is 2. The number of piperidine rings is 1. The van der Waals surface area contributed by atoms with Crippen LogP contribution in [0.15, 0.2) is 48.5 Å². The number of carbonyl (C=O) groups excluding carboxylic acids is 2. The molecule has 2 aromatic rings. The Labute approximate surface area is 152 Å². The number of benzene rings is 2. The van der Waals surface area contributed by atoms with E-state index in [-0.39, 0.29) is 24.0 Å². The molecule has 1 fully saturated rings. The molecule has 1 heterocycles. The summed E-state index contributed by atoms with van der Waals surface area (Å²) in [4.78, 5) is 26.2. The van der Waals surface area contributed by atoms with Crippen LogP contribution in [0.5, 0.6) is 0 Å². The van der Waals surface area contributed by atoms with Gasteiger partial charge in [0.25, 0.3) is 5.91 Å². The lowest BCUT2D eigenvalue weighted by Crippen LogP contribution is -2.35. The van der Waals surface area contributed by atoms with E-state index in [0.29, 0.717) is 5.56 Å². The molecule has 0 aromatic heterocycles. The van der Waals surface area contributed by atoms with Crippen molar-refractivity contribution in [1.82, 2.24) is 4.90 Å². The molecule has 0 spiro atoms. The van der Waals surface area contributed by atoms with Crippen molar-refractivity contribution < 1.29 is 14.0 Å². The highest BCUT2D eigenvalue weighted by Crippen LogP contribution is 2.16. The van der Waals surface area contributed by atoms with E-state index < -0.39 is 5.82 Å². The summed E-state index contributed by atoms with van der Waals surface area (Å²) in [6.07, 6.45) is 3.30. The molecule has 1 aliphatic heterocycles. The number of likely N-dealkylation sites (tertiary alicyclic amines) is 1. The molecule has 5 nitrogen and oxygen atoms in total. The summed E-state index contributed by atoms with van der Waals surface area (Å²) in [7, 11) is 0. The minimum atomic E-state index is -0.471. The Hall–Kier alpha value is -2.89. The summed E-state index contributed by atoms with van der Waals surface area (Å²) in [5.41, 5.74) is 1.53. The zero-order valence-corrected chi connectivity index (χ0v) is 14.5. The molecule has 0 saturated carbocycles. The summed E-state index contributed by atoms with van der Waals surface area (Å²) < 4.78 is 13.5. The fraction of sp³-hybridized carbons (Fsp3) is 0.300. The number of hydrogen-bond acceptors (Lipinski definition) is 3. The smallest absolute Gasteiger partial charge is 0.253 e. The zero-order valence-electron chi connectivity index (χ0n) is 14.5. The number of anilines is 2. The molecule has 2 aromatic carbocycles. The second-order valence-corrected chi connectivity index (χ2v) is 6.31. The first-order chi connectivity index (χ1) is 12.6. The van der Waals surface area contributed by atoms with Crippen LogP contribution in [0.1, 0.15) is 29.6 Å². The highest BCUT2D eigenvalue weighted by molar-refractivity contribution is 5.95. The first-order valence-electron chi connectivity index (χ1n) is 8.81. The Morgan fingerprint density at radius 3 is 2.35 bits per heavy atom. The third-order valence-corrected chi connectivity index (χ3v) is 4.38. The van der Waals surface area contributed by atoms with Crippen molar-refractivity contribution in [3.63, 3.8) is 0 Å². The Morgan fingerprint density at radius 1 is 0.962 bits per heavy atom. The van der Waals surface area contributed by atoms with E-state index >= 15 is 0 Å². The van der Waals surface area contributed by atoms with E-state index in [1.807, 2.05) is 4.90 Å². The van der Waals surface area contributed by atoms with Gasteiger partial charge in [0.1, 0.15) is 5.82 Å². The molecular weight excluding hydrogens is 333 g/mol. The molecule has 1 saturated heterocycles. The largest absolute Gasteiger partial charge is 0.376 e. The molecule has 1 aliphatic rings. The fourth-order valence-corrected chi connectivity index (χ4v) is 2.95. The number of para-hydroxylation sites is 1. The van der Waals surface area contributed by atoms with Crippen molar-refractivity contribution in [2.75, 3.05) is 30.3 Å². The van der Waals surface area contributed by atoms with E-state index in [4.69, 9.17) is 0 Å². The second-order valence-electron chi connectivity index (χ2n) is 6.31. The summed E-state index contributed by atoms with van der Waals surface area (Å²) in [6, 6.07) is 13.1. The van der Waals surface area contributed by atoms with Crippen LogP contribution in [-0.2, 0) is 4.79 Å². The van der Waals surface area contributed by atoms with Gasteiger partial charge in [0, 0.05) is 24.3 Å².